The molecular formula is C19H13F2N3O2. The fraction of sp³-hybridized carbons (Fsp3) is 0.0526. The smallest absolute Gasteiger partial charge is 0.274 e. The van der Waals surface area contributed by atoms with E-state index in [9.17, 15) is 13.6 Å². The Morgan fingerprint density at radius 2 is 1.85 bits per heavy atom. The highest BCUT2D eigenvalue weighted by Gasteiger charge is 2.16. The normalized spacial score (nSPS) is 11.0. The lowest BCUT2D eigenvalue weighted by Crippen LogP contribution is -2.16. The monoisotopic (exact) mass is 353 g/mol. The van der Waals surface area contributed by atoms with Gasteiger partial charge < -0.3 is 14.3 Å². The lowest BCUT2D eigenvalue weighted by molar-refractivity contribution is 0.460. The molecule has 0 aliphatic carbocycles. The Balaban J connectivity index is 1.91. The van der Waals surface area contributed by atoms with Crippen LogP contribution in [0.5, 0.6) is 11.6 Å². The summed E-state index contributed by atoms with van der Waals surface area (Å²) in [6.45, 7) is 0. The van der Waals surface area contributed by atoms with Gasteiger partial charge in [0.05, 0.1) is 6.20 Å². The molecule has 3 aromatic heterocycles. The van der Waals surface area contributed by atoms with Crippen molar-refractivity contribution in [2.75, 3.05) is 0 Å². The van der Waals surface area contributed by atoms with E-state index in [1.54, 1.807) is 25.5 Å². The number of halogens is 2. The Morgan fingerprint density at radius 1 is 1.08 bits per heavy atom. The number of pyridine rings is 2. The second kappa shape index (κ2) is 6.11. The van der Waals surface area contributed by atoms with Gasteiger partial charge in [0.2, 0.25) is 5.88 Å². The first kappa shape index (κ1) is 16.0. The zero-order valence-electron chi connectivity index (χ0n) is 13.7. The second-order valence-electron chi connectivity index (χ2n) is 5.79. The molecule has 0 saturated heterocycles. The van der Waals surface area contributed by atoms with Crippen molar-refractivity contribution >= 4 is 10.9 Å². The number of H-pyrrole nitrogens is 1. The molecule has 0 atom stereocenters. The topological polar surface area (TPSA) is 59.9 Å². The lowest BCUT2D eigenvalue weighted by Gasteiger charge is -2.12. The van der Waals surface area contributed by atoms with E-state index in [-0.39, 0.29) is 11.4 Å². The molecule has 4 rings (SSSR count). The minimum absolute atomic E-state index is 0.152. The number of fused-ring (bicyclic) bond motifs is 1. The maximum atomic E-state index is 13.9. The number of aryl methyl sites for hydroxylation is 1. The van der Waals surface area contributed by atoms with Gasteiger partial charge in [-0.2, -0.15) is 0 Å². The number of nitrogens with one attached hydrogen (secondary N) is 1. The second-order valence-corrected chi connectivity index (χ2v) is 5.79. The molecule has 4 aromatic rings. The average Bonchev–Trinajstić information content (AvgIpc) is 3.12. The molecule has 0 saturated carbocycles. The first-order valence-corrected chi connectivity index (χ1v) is 7.79. The maximum Gasteiger partial charge on any atom is 0.274 e. The summed E-state index contributed by atoms with van der Waals surface area (Å²) >= 11 is 0. The van der Waals surface area contributed by atoms with Crippen LogP contribution >= 0.6 is 0 Å². The summed E-state index contributed by atoms with van der Waals surface area (Å²) in [6, 6.07) is 8.45. The number of hydrogen-bond acceptors (Lipinski definition) is 3. The van der Waals surface area contributed by atoms with Crippen molar-refractivity contribution in [3.05, 3.63) is 77.0 Å². The van der Waals surface area contributed by atoms with Gasteiger partial charge in [0, 0.05) is 36.0 Å². The molecule has 7 heteroatoms. The van der Waals surface area contributed by atoms with Gasteiger partial charge in [-0.15, -0.1) is 0 Å². The van der Waals surface area contributed by atoms with Crippen LogP contribution in [0.1, 0.15) is 0 Å². The van der Waals surface area contributed by atoms with Gasteiger partial charge in [-0.25, -0.2) is 13.8 Å². The van der Waals surface area contributed by atoms with E-state index in [0.717, 1.165) is 6.20 Å². The Bertz CT molecular complexity index is 1160. The van der Waals surface area contributed by atoms with Gasteiger partial charge in [-0.05, 0) is 36.4 Å². The number of rotatable bonds is 3. The molecule has 0 fully saturated rings. The number of benzene rings is 1. The molecule has 130 valence electrons. The summed E-state index contributed by atoms with van der Waals surface area (Å²) in [7, 11) is 1.61. The summed E-state index contributed by atoms with van der Waals surface area (Å²) in [5, 5.41) is 0.629. The molecule has 5 nitrogen and oxygen atoms in total. The Labute approximate surface area is 146 Å². The number of ether oxygens (including phenoxy) is 1. The number of hydrogen-bond donors (Lipinski definition) is 1. The van der Waals surface area contributed by atoms with E-state index < -0.39 is 11.6 Å². The number of aromatic nitrogens is 3. The molecule has 0 amide bonds. The van der Waals surface area contributed by atoms with Gasteiger partial charge in [-0.3, -0.25) is 4.79 Å². The Kier molecular flexibility index (Phi) is 3.76. The minimum Gasteiger partial charge on any atom is -0.438 e. The quantitative estimate of drug-likeness (QED) is 0.606. The summed E-state index contributed by atoms with van der Waals surface area (Å²) in [5.74, 6) is -0.415. The van der Waals surface area contributed by atoms with Crippen molar-refractivity contribution < 1.29 is 13.5 Å². The summed E-state index contributed by atoms with van der Waals surface area (Å²) in [6.07, 6.45) is 4.29. The van der Waals surface area contributed by atoms with Crippen LogP contribution in [-0.4, -0.2) is 14.5 Å². The molecule has 1 aromatic carbocycles. The van der Waals surface area contributed by atoms with E-state index >= 15 is 0 Å². The fourth-order valence-corrected chi connectivity index (χ4v) is 2.80. The van der Waals surface area contributed by atoms with Crippen molar-refractivity contribution in [2.24, 2.45) is 7.05 Å². The van der Waals surface area contributed by atoms with Gasteiger partial charge in [0.25, 0.3) is 5.56 Å². The molecule has 0 aliphatic heterocycles. The molecule has 0 aliphatic rings. The molecule has 1 N–H and O–H groups in total. The molecule has 0 bridgehead atoms. The third-order valence-corrected chi connectivity index (χ3v) is 4.03. The molecule has 0 spiro atoms. The zero-order valence-corrected chi connectivity index (χ0v) is 13.7. The first-order valence-electron chi connectivity index (χ1n) is 7.79. The first-order chi connectivity index (χ1) is 12.5. The molecule has 3 heterocycles. The third-order valence-electron chi connectivity index (χ3n) is 4.03. The minimum atomic E-state index is -0.538. The Hall–Kier alpha value is -3.48. The van der Waals surface area contributed by atoms with Gasteiger partial charge in [0.1, 0.15) is 22.9 Å². The number of aromatic amines is 1. The maximum absolute atomic E-state index is 13.9. The van der Waals surface area contributed by atoms with Crippen molar-refractivity contribution in [3.8, 4) is 22.8 Å². The molecule has 0 radical (unpaired) electrons. The molecule has 0 unspecified atom stereocenters. The largest absolute Gasteiger partial charge is 0.438 e. The Morgan fingerprint density at radius 3 is 2.62 bits per heavy atom. The van der Waals surface area contributed by atoms with Crippen LogP contribution in [-0.2, 0) is 7.05 Å². The van der Waals surface area contributed by atoms with Gasteiger partial charge in [-0.1, -0.05) is 0 Å². The number of nitrogens with zero attached hydrogens (tertiary/aromatic N) is 2. The van der Waals surface area contributed by atoms with Crippen molar-refractivity contribution in [1.29, 1.82) is 0 Å². The highest BCUT2D eigenvalue weighted by atomic mass is 19.1. The highest BCUT2D eigenvalue weighted by molar-refractivity contribution is 5.95. The zero-order chi connectivity index (χ0) is 18.3. The van der Waals surface area contributed by atoms with Crippen LogP contribution in [0.15, 0.2) is 59.8 Å². The van der Waals surface area contributed by atoms with Crippen LogP contribution in [0, 0.1) is 11.6 Å². The van der Waals surface area contributed by atoms with E-state index in [4.69, 9.17) is 4.74 Å². The van der Waals surface area contributed by atoms with Crippen LogP contribution in [0.3, 0.4) is 0 Å². The van der Waals surface area contributed by atoms with E-state index in [1.807, 2.05) is 0 Å². The van der Waals surface area contributed by atoms with E-state index in [2.05, 4.69) is 9.97 Å². The van der Waals surface area contributed by atoms with E-state index in [0.29, 0.717) is 27.8 Å². The molecule has 26 heavy (non-hydrogen) atoms. The summed E-state index contributed by atoms with van der Waals surface area (Å²) in [4.78, 5) is 19.1. The third kappa shape index (κ3) is 2.73. The van der Waals surface area contributed by atoms with Crippen molar-refractivity contribution in [1.82, 2.24) is 14.5 Å². The SMILES string of the molecule is Cn1cc(-c2cc(F)cnc2Oc2ccc(F)cc2)c2cc[nH]c2c1=O. The van der Waals surface area contributed by atoms with Gasteiger partial charge >= 0.3 is 0 Å². The molecular weight excluding hydrogens is 340 g/mol. The van der Waals surface area contributed by atoms with Gasteiger partial charge in [0.15, 0.2) is 0 Å². The summed E-state index contributed by atoms with van der Waals surface area (Å²) < 4.78 is 34.1. The van der Waals surface area contributed by atoms with E-state index in [1.165, 1.54) is 34.9 Å². The standard InChI is InChI=1S/C19H13F2N3O2/c1-24-10-16(14-6-7-22-17(14)19(24)25)15-8-12(21)9-23-18(15)26-13-4-2-11(20)3-5-13/h2-10,22H,1H3. The van der Waals surface area contributed by atoms with Crippen molar-refractivity contribution in [3.63, 3.8) is 0 Å². The highest BCUT2D eigenvalue weighted by Crippen LogP contribution is 2.35. The van der Waals surface area contributed by atoms with Crippen LogP contribution in [0.4, 0.5) is 8.78 Å². The average molecular weight is 353 g/mol. The van der Waals surface area contributed by atoms with Crippen LogP contribution in [0.25, 0.3) is 22.0 Å². The lowest BCUT2D eigenvalue weighted by atomic mass is 10.1. The fourth-order valence-electron chi connectivity index (χ4n) is 2.80. The predicted molar refractivity (Wildman–Crippen MR) is 93.2 cm³/mol. The van der Waals surface area contributed by atoms with Crippen molar-refractivity contribution in [2.45, 2.75) is 0 Å². The van der Waals surface area contributed by atoms with Crippen LogP contribution in [0.2, 0.25) is 0 Å². The van der Waals surface area contributed by atoms with Crippen LogP contribution < -0.4 is 10.3 Å². The predicted octanol–water partition coefficient (Wildman–Crippen LogP) is 4.00. The summed E-state index contributed by atoms with van der Waals surface area (Å²) in [5.41, 5.74) is 1.18.